The normalized spacial score (nSPS) is 13.3. The molecular weight excluding hydrogens is 152 g/mol. The molecule has 0 bridgehead atoms. The molecule has 1 atom stereocenters. The summed E-state index contributed by atoms with van der Waals surface area (Å²) in [6.45, 7) is 0. The van der Waals surface area contributed by atoms with Crippen LogP contribution in [-0.2, 0) is 4.79 Å². The zero-order chi connectivity index (χ0) is 7.98. The van der Waals surface area contributed by atoms with Gasteiger partial charge in [0.15, 0.2) is 0 Å². The second kappa shape index (κ2) is 4.99. The molecule has 0 fully saturated rings. The first-order valence-corrected chi connectivity index (χ1v) is 3.32. The van der Waals surface area contributed by atoms with E-state index in [1.165, 1.54) is 12.4 Å². The SMILES string of the molecule is NC=CN[C@H](CS)C(=O)O. The standard InChI is InChI=1S/C5H10N2O2S/c6-1-2-7-4(3-10)5(8)9/h1-2,4,7,10H,3,6H2,(H,8,9)/t4-/m1/s1. The van der Waals surface area contributed by atoms with E-state index in [9.17, 15) is 4.79 Å². The Balaban J connectivity index is 3.71. The highest BCUT2D eigenvalue weighted by Crippen LogP contribution is 1.86. The van der Waals surface area contributed by atoms with Gasteiger partial charge in [0.25, 0.3) is 0 Å². The van der Waals surface area contributed by atoms with Crippen LogP contribution in [0.4, 0.5) is 0 Å². The van der Waals surface area contributed by atoms with E-state index in [1.54, 1.807) is 0 Å². The zero-order valence-corrected chi connectivity index (χ0v) is 6.21. The highest BCUT2D eigenvalue weighted by atomic mass is 32.1. The van der Waals surface area contributed by atoms with Gasteiger partial charge in [0, 0.05) is 18.2 Å². The Labute approximate surface area is 64.5 Å². The van der Waals surface area contributed by atoms with Crippen molar-refractivity contribution in [1.29, 1.82) is 0 Å². The summed E-state index contributed by atoms with van der Waals surface area (Å²) in [7, 11) is 0. The summed E-state index contributed by atoms with van der Waals surface area (Å²) in [5.74, 6) is -0.701. The first-order valence-electron chi connectivity index (χ1n) is 2.68. The fourth-order valence-electron chi connectivity index (χ4n) is 0.374. The van der Waals surface area contributed by atoms with Crippen LogP contribution in [0.1, 0.15) is 0 Å². The van der Waals surface area contributed by atoms with E-state index in [0.29, 0.717) is 0 Å². The van der Waals surface area contributed by atoms with Crippen LogP contribution in [0.3, 0.4) is 0 Å². The minimum atomic E-state index is -0.937. The van der Waals surface area contributed by atoms with E-state index >= 15 is 0 Å². The van der Waals surface area contributed by atoms with Crippen molar-refractivity contribution in [3.8, 4) is 0 Å². The van der Waals surface area contributed by atoms with Crippen LogP contribution >= 0.6 is 12.6 Å². The van der Waals surface area contributed by atoms with Crippen molar-refractivity contribution in [1.82, 2.24) is 5.32 Å². The van der Waals surface area contributed by atoms with Crippen LogP contribution in [0.15, 0.2) is 12.4 Å². The number of carboxylic acid groups (broad SMARTS) is 1. The highest BCUT2D eigenvalue weighted by Gasteiger charge is 2.11. The van der Waals surface area contributed by atoms with Crippen molar-refractivity contribution in [3.05, 3.63) is 12.4 Å². The molecule has 0 aromatic rings. The molecule has 0 spiro atoms. The summed E-state index contributed by atoms with van der Waals surface area (Å²) in [6.07, 6.45) is 2.61. The number of nitrogens with one attached hydrogen (secondary N) is 1. The Hall–Kier alpha value is -0.840. The Morgan fingerprint density at radius 1 is 1.90 bits per heavy atom. The van der Waals surface area contributed by atoms with Crippen LogP contribution in [-0.4, -0.2) is 22.9 Å². The first kappa shape index (κ1) is 9.16. The molecule has 0 aliphatic rings. The maximum Gasteiger partial charge on any atom is 0.326 e. The van der Waals surface area contributed by atoms with Gasteiger partial charge in [0.2, 0.25) is 0 Å². The van der Waals surface area contributed by atoms with E-state index < -0.39 is 12.0 Å². The van der Waals surface area contributed by atoms with E-state index in [1.807, 2.05) is 0 Å². The van der Waals surface area contributed by atoms with Crippen molar-refractivity contribution in [3.63, 3.8) is 0 Å². The minimum absolute atomic E-state index is 0.236. The summed E-state index contributed by atoms with van der Waals surface area (Å²) in [4.78, 5) is 10.3. The van der Waals surface area contributed by atoms with Crippen LogP contribution in [0.5, 0.6) is 0 Å². The number of nitrogens with two attached hydrogens (primary N) is 1. The predicted octanol–water partition coefficient (Wildman–Crippen LogP) is -0.611. The minimum Gasteiger partial charge on any atom is -0.480 e. The third-order valence-corrected chi connectivity index (χ3v) is 1.24. The average Bonchev–Trinajstić information content (AvgIpc) is 1.89. The van der Waals surface area contributed by atoms with Crippen molar-refractivity contribution in [2.45, 2.75) is 6.04 Å². The smallest absolute Gasteiger partial charge is 0.326 e. The van der Waals surface area contributed by atoms with Crippen molar-refractivity contribution < 1.29 is 9.90 Å². The highest BCUT2D eigenvalue weighted by molar-refractivity contribution is 7.80. The van der Waals surface area contributed by atoms with Crippen LogP contribution < -0.4 is 11.1 Å². The third-order valence-electron chi connectivity index (χ3n) is 0.874. The average molecular weight is 162 g/mol. The summed E-state index contributed by atoms with van der Waals surface area (Å²) in [5, 5.41) is 11.0. The number of hydrogen-bond acceptors (Lipinski definition) is 4. The van der Waals surface area contributed by atoms with E-state index in [0.717, 1.165) is 0 Å². The first-order chi connectivity index (χ1) is 4.72. The van der Waals surface area contributed by atoms with Gasteiger partial charge in [-0.25, -0.2) is 4.79 Å². The molecule has 4 N–H and O–H groups in total. The van der Waals surface area contributed by atoms with Gasteiger partial charge in [0.1, 0.15) is 6.04 Å². The molecule has 58 valence electrons. The van der Waals surface area contributed by atoms with Gasteiger partial charge in [-0.1, -0.05) is 0 Å². The van der Waals surface area contributed by atoms with Gasteiger partial charge in [0.05, 0.1) is 0 Å². The largest absolute Gasteiger partial charge is 0.480 e. The molecule has 0 aliphatic carbocycles. The Kier molecular flexibility index (Phi) is 4.57. The number of carbonyl (C=O) groups is 1. The second-order valence-corrected chi connectivity index (χ2v) is 1.96. The Morgan fingerprint density at radius 2 is 2.50 bits per heavy atom. The molecule has 0 radical (unpaired) electrons. The molecule has 0 heterocycles. The fourth-order valence-corrected chi connectivity index (χ4v) is 0.635. The summed E-state index contributed by atoms with van der Waals surface area (Å²) >= 11 is 3.81. The van der Waals surface area contributed by atoms with Gasteiger partial charge < -0.3 is 16.2 Å². The maximum absolute atomic E-state index is 10.3. The lowest BCUT2D eigenvalue weighted by Gasteiger charge is -2.07. The molecule has 0 aromatic carbocycles. The van der Waals surface area contributed by atoms with Gasteiger partial charge >= 0.3 is 5.97 Å². The molecule has 0 rings (SSSR count). The lowest BCUT2D eigenvalue weighted by molar-refractivity contribution is -0.138. The van der Waals surface area contributed by atoms with E-state index in [2.05, 4.69) is 17.9 Å². The molecule has 0 saturated carbocycles. The molecule has 0 unspecified atom stereocenters. The fraction of sp³-hybridized carbons (Fsp3) is 0.400. The molecule has 0 aliphatic heterocycles. The van der Waals surface area contributed by atoms with Crippen molar-refractivity contribution >= 4 is 18.6 Å². The number of aliphatic carboxylic acids is 1. The lowest BCUT2D eigenvalue weighted by atomic mass is 10.3. The quantitative estimate of drug-likeness (QED) is 0.416. The molecule has 0 saturated heterocycles. The maximum atomic E-state index is 10.3. The molecule has 0 aromatic heterocycles. The number of carboxylic acids is 1. The third kappa shape index (κ3) is 3.24. The molecule has 10 heavy (non-hydrogen) atoms. The van der Waals surface area contributed by atoms with Gasteiger partial charge in [-0.15, -0.1) is 0 Å². The Morgan fingerprint density at radius 3 is 2.80 bits per heavy atom. The summed E-state index contributed by atoms with van der Waals surface area (Å²) in [6, 6.07) is -0.664. The second-order valence-electron chi connectivity index (χ2n) is 1.60. The zero-order valence-electron chi connectivity index (χ0n) is 5.32. The Bertz CT molecular complexity index is 138. The van der Waals surface area contributed by atoms with Crippen LogP contribution in [0.25, 0.3) is 0 Å². The monoisotopic (exact) mass is 162 g/mol. The topological polar surface area (TPSA) is 75.3 Å². The summed E-state index contributed by atoms with van der Waals surface area (Å²) in [5.41, 5.74) is 4.97. The van der Waals surface area contributed by atoms with Gasteiger partial charge in [-0.2, -0.15) is 12.6 Å². The number of rotatable bonds is 4. The molecule has 4 nitrogen and oxygen atoms in total. The molecule has 0 amide bonds. The van der Waals surface area contributed by atoms with E-state index in [4.69, 9.17) is 10.8 Å². The number of hydrogen-bond donors (Lipinski definition) is 4. The molecular formula is C5H10N2O2S. The van der Waals surface area contributed by atoms with Crippen molar-refractivity contribution in [2.24, 2.45) is 5.73 Å². The van der Waals surface area contributed by atoms with Crippen molar-refractivity contribution in [2.75, 3.05) is 5.75 Å². The van der Waals surface area contributed by atoms with Gasteiger partial charge in [-0.3, -0.25) is 0 Å². The van der Waals surface area contributed by atoms with E-state index in [-0.39, 0.29) is 5.75 Å². The van der Waals surface area contributed by atoms with Gasteiger partial charge in [-0.05, 0) is 0 Å². The lowest BCUT2D eigenvalue weighted by Crippen LogP contribution is -2.34. The summed E-state index contributed by atoms with van der Waals surface area (Å²) < 4.78 is 0. The molecule has 5 heteroatoms. The van der Waals surface area contributed by atoms with Crippen LogP contribution in [0.2, 0.25) is 0 Å². The predicted molar refractivity (Wildman–Crippen MR) is 41.7 cm³/mol. The van der Waals surface area contributed by atoms with Crippen LogP contribution in [0, 0.1) is 0 Å². The number of thiol groups is 1.